The van der Waals surface area contributed by atoms with Crippen molar-refractivity contribution in [3.63, 3.8) is 0 Å². The van der Waals surface area contributed by atoms with Gasteiger partial charge in [-0.05, 0) is 153 Å². The van der Waals surface area contributed by atoms with Gasteiger partial charge in [0.1, 0.15) is 0 Å². The van der Waals surface area contributed by atoms with Gasteiger partial charge in [0.2, 0.25) is 6.71 Å². The Morgan fingerprint density at radius 2 is 1.24 bits per heavy atom. The molecule has 0 N–H and O–H groups in total. The van der Waals surface area contributed by atoms with Gasteiger partial charge in [-0.25, -0.2) is 0 Å². The van der Waals surface area contributed by atoms with E-state index in [9.17, 15) is 0 Å². The van der Waals surface area contributed by atoms with Gasteiger partial charge in [0, 0.05) is 40.0 Å². The van der Waals surface area contributed by atoms with E-state index in [-0.39, 0.29) is 5.41 Å². The van der Waals surface area contributed by atoms with Crippen LogP contribution in [0.15, 0.2) is 103 Å². The van der Waals surface area contributed by atoms with Crippen LogP contribution < -0.4 is 20.7 Å². The fourth-order valence-electron chi connectivity index (χ4n) is 12.0. The van der Waals surface area contributed by atoms with Gasteiger partial charge >= 0.3 is 0 Å². The van der Waals surface area contributed by atoms with Gasteiger partial charge in [0.05, 0.1) is 0 Å². The van der Waals surface area contributed by atoms with E-state index in [1.54, 1.807) is 0 Å². The normalized spacial score (nSPS) is 23.0. The molecule has 2 aliphatic heterocycles. The zero-order valence-corrected chi connectivity index (χ0v) is 37.6. The molecule has 0 spiro atoms. The summed E-state index contributed by atoms with van der Waals surface area (Å²) in [4.78, 5) is 5.54. The highest BCUT2D eigenvalue weighted by molar-refractivity contribution is 6.91. The van der Waals surface area contributed by atoms with E-state index in [4.69, 9.17) is 0 Å². The molecular formula is C55H67BN2. The van der Waals surface area contributed by atoms with Gasteiger partial charge in [0.25, 0.3) is 0 Å². The van der Waals surface area contributed by atoms with Gasteiger partial charge in [-0.2, -0.15) is 0 Å². The number of anilines is 5. The first-order valence-electron chi connectivity index (χ1n) is 22.6. The second-order valence-electron chi connectivity index (χ2n) is 21.9. The van der Waals surface area contributed by atoms with Crippen molar-refractivity contribution in [3.8, 4) is 11.1 Å². The van der Waals surface area contributed by atoms with E-state index >= 15 is 0 Å². The summed E-state index contributed by atoms with van der Waals surface area (Å²) in [6.07, 6.45) is 5.10. The van der Waals surface area contributed by atoms with Crippen molar-refractivity contribution in [3.05, 3.63) is 125 Å². The summed E-state index contributed by atoms with van der Waals surface area (Å²) in [5, 5.41) is 0. The SMILES string of the molecule is Cc1cc2c3c(c1)N(c1ccc(C(C)(C)C)cc1-c1ccccc1)C1CC4C(CC1B3c1cc(C(C)C)ccc1N2c1ccc(C(C)C)cc1)C(C)(C)CCC4(C)C. The van der Waals surface area contributed by atoms with E-state index < -0.39 is 0 Å². The van der Waals surface area contributed by atoms with Gasteiger partial charge in [-0.3, -0.25) is 0 Å². The van der Waals surface area contributed by atoms with Crippen LogP contribution >= 0.6 is 0 Å². The lowest BCUT2D eigenvalue weighted by atomic mass is 9.26. The lowest BCUT2D eigenvalue weighted by molar-refractivity contribution is -0.0490. The van der Waals surface area contributed by atoms with E-state index in [0.717, 1.165) is 0 Å². The molecule has 2 heterocycles. The highest BCUT2D eigenvalue weighted by Gasteiger charge is 2.59. The van der Waals surface area contributed by atoms with Crippen molar-refractivity contribution in [2.45, 2.75) is 138 Å². The average Bonchev–Trinajstić information content (AvgIpc) is 3.18. The van der Waals surface area contributed by atoms with Crippen LogP contribution in [0.1, 0.15) is 136 Å². The van der Waals surface area contributed by atoms with E-state index in [0.29, 0.717) is 53.1 Å². The van der Waals surface area contributed by atoms with Crippen molar-refractivity contribution in [1.82, 2.24) is 0 Å². The third-order valence-electron chi connectivity index (χ3n) is 15.6. The van der Waals surface area contributed by atoms with Crippen LogP contribution in [0.4, 0.5) is 28.4 Å². The summed E-state index contributed by atoms with van der Waals surface area (Å²) in [6.45, 7) is 29.5. The molecule has 2 aliphatic carbocycles. The van der Waals surface area contributed by atoms with Crippen LogP contribution in [0.25, 0.3) is 11.1 Å². The molecule has 0 saturated heterocycles. The van der Waals surface area contributed by atoms with E-state index in [2.05, 4.69) is 196 Å². The molecule has 9 rings (SSSR count). The number of fused-ring (bicyclic) bond motifs is 5. The molecule has 2 nitrogen and oxygen atoms in total. The summed E-state index contributed by atoms with van der Waals surface area (Å²) < 4.78 is 0. The lowest BCUT2D eigenvalue weighted by Gasteiger charge is -2.62. The molecule has 0 bridgehead atoms. The minimum absolute atomic E-state index is 0.0410. The molecule has 0 amide bonds. The Morgan fingerprint density at radius 3 is 1.88 bits per heavy atom. The minimum Gasteiger partial charge on any atom is -0.339 e. The molecule has 58 heavy (non-hydrogen) atoms. The fraction of sp³-hybridized carbons (Fsp3) is 0.455. The number of hydrogen-bond donors (Lipinski definition) is 0. The smallest absolute Gasteiger partial charge is 0.222 e. The Kier molecular flexibility index (Phi) is 9.42. The first-order valence-corrected chi connectivity index (χ1v) is 22.6. The summed E-state index contributed by atoms with van der Waals surface area (Å²) in [7, 11) is 0. The van der Waals surface area contributed by atoms with E-state index in [1.807, 2.05) is 0 Å². The Labute approximate surface area is 351 Å². The van der Waals surface area contributed by atoms with Crippen molar-refractivity contribution >= 4 is 46.1 Å². The van der Waals surface area contributed by atoms with Gasteiger partial charge < -0.3 is 9.80 Å². The largest absolute Gasteiger partial charge is 0.339 e. The highest BCUT2D eigenvalue weighted by Crippen LogP contribution is 2.63. The first kappa shape index (κ1) is 39.2. The molecule has 4 aliphatic rings. The fourth-order valence-corrected chi connectivity index (χ4v) is 12.0. The first-order chi connectivity index (χ1) is 27.4. The molecule has 2 saturated carbocycles. The summed E-state index contributed by atoms with van der Waals surface area (Å²) in [5.41, 5.74) is 18.7. The number of benzene rings is 5. The second-order valence-corrected chi connectivity index (χ2v) is 21.9. The highest BCUT2D eigenvalue weighted by atomic mass is 15.2. The van der Waals surface area contributed by atoms with Crippen LogP contribution in [0.5, 0.6) is 0 Å². The summed E-state index contributed by atoms with van der Waals surface area (Å²) in [6, 6.07) is 41.2. The molecule has 0 radical (unpaired) electrons. The van der Waals surface area contributed by atoms with Crippen LogP contribution in [0.3, 0.4) is 0 Å². The summed E-state index contributed by atoms with van der Waals surface area (Å²) >= 11 is 0. The molecule has 5 aromatic carbocycles. The topological polar surface area (TPSA) is 6.48 Å². The van der Waals surface area contributed by atoms with Gasteiger partial charge in [-0.1, -0.05) is 143 Å². The molecule has 4 unspecified atom stereocenters. The molecule has 5 aromatic rings. The number of hydrogen-bond acceptors (Lipinski definition) is 2. The lowest BCUT2D eigenvalue weighted by Crippen LogP contribution is -2.65. The van der Waals surface area contributed by atoms with Crippen molar-refractivity contribution in [1.29, 1.82) is 0 Å². The zero-order chi connectivity index (χ0) is 41.1. The molecule has 2 fully saturated rings. The van der Waals surface area contributed by atoms with Crippen molar-refractivity contribution < 1.29 is 0 Å². The maximum atomic E-state index is 2.91. The minimum atomic E-state index is 0.0410. The van der Waals surface area contributed by atoms with Gasteiger partial charge in [-0.15, -0.1) is 0 Å². The Hall–Kier alpha value is -4.24. The van der Waals surface area contributed by atoms with Crippen LogP contribution in [-0.4, -0.2) is 12.8 Å². The average molecular weight is 767 g/mol. The Bertz CT molecular complexity index is 2340. The molecule has 3 heteroatoms. The number of nitrogens with zero attached hydrogens (tertiary/aromatic N) is 2. The quantitative estimate of drug-likeness (QED) is 0.164. The Balaban J connectivity index is 1.36. The molecular weight excluding hydrogens is 699 g/mol. The number of aryl methyl sites for hydroxylation is 1. The van der Waals surface area contributed by atoms with Crippen LogP contribution in [-0.2, 0) is 5.41 Å². The van der Waals surface area contributed by atoms with Gasteiger partial charge in [0.15, 0.2) is 0 Å². The Morgan fingerprint density at radius 1 is 0.638 bits per heavy atom. The second kappa shape index (κ2) is 13.9. The van der Waals surface area contributed by atoms with Crippen LogP contribution in [0.2, 0.25) is 5.82 Å². The molecule has 4 atom stereocenters. The monoisotopic (exact) mass is 767 g/mol. The third kappa shape index (κ3) is 6.37. The maximum absolute atomic E-state index is 2.91. The number of rotatable bonds is 5. The predicted octanol–water partition coefficient (Wildman–Crippen LogP) is 14.4. The van der Waals surface area contributed by atoms with Crippen molar-refractivity contribution in [2.75, 3.05) is 9.80 Å². The van der Waals surface area contributed by atoms with Crippen LogP contribution in [0, 0.1) is 29.6 Å². The zero-order valence-electron chi connectivity index (χ0n) is 37.6. The van der Waals surface area contributed by atoms with E-state index in [1.165, 1.54) is 98.4 Å². The predicted molar refractivity (Wildman–Crippen MR) is 252 cm³/mol. The molecule has 300 valence electrons. The third-order valence-corrected chi connectivity index (χ3v) is 15.6. The maximum Gasteiger partial charge on any atom is 0.222 e. The summed E-state index contributed by atoms with van der Waals surface area (Å²) in [5.74, 6) is 2.78. The molecule has 0 aromatic heterocycles. The van der Waals surface area contributed by atoms with Crippen molar-refractivity contribution in [2.24, 2.45) is 22.7 Å². The standard InChI is InChI=1S/C55H67BN2/c1-34(2)37-18-22-41(23-19-37)57-48-24-20-39(35(3)4)30-45(48)56-46-32-43-44(55(11,12)27-26-54(43,9)10)33-49(46)58(51-29-36(5)28-50(57)52(51)56)47-25-21-40(53(6,7)8)31-42(47)38-16-14-13-15-17-38/h13-25,28-31,34-35,43-44,46,49H,26-27,32-33H2,1-12H3.